The number of ether oxygens (including phenoxy) is 3. The maximum absolute atomic E-state index is 14.2. The minimum absolute atomic E-state index is 0.0426. The van der Waals surface area contributed by atoms with Crippen LogP contribution < -0.4 is 15.4 Å². The maximum Gasteiger partial charge on any atom is 0.346 e. The van der Waals surface area contributed by atoms with Crippen LogP contribution in [0.15, 0.2) is 18.2 Å². The highest BCUT2D eigenvalue weighted by Crippen LogP contribution is 2.32. The van der Waals surface area contributed by atoms with Gasteiger partial charge in [0.25, 0.3) is 0 Å². The maximum atomic E-state index is 14.2. The number of nitrogens with one attached hydrogen (secondary N) is 2. The van der Waals surface area contributed by atoms with Crippen LogP contribution in [0.5, 0.6) is 5.88 Å². The van der Waals surface area contributed by atoms with Crippen molar-refractivity contribution in [3.63, 3.8) is 0 Å². The van der Waals surface area contributed by atoms with Crippen LogP contribution in [0.3, 0.4) is 0 Å². The standard InChI is InChI=1S/C22H26F2N4O6S/c1-32-20(29)13-4-5-16(24)14(10-13)12-34-18-17(21(30)33-2)19(35-27-18)26-22(31)25-7-3-8-28-9-6-15(23)11-28/h4-5,10,15H,3,6-9,11-12H2,1-2H3,(H2,25,26,31)/t15-/m0/s1. The summed E-state index contributed by atoms with van der Waals surface area (Å²) in [5, 5.41) is 5.30. The molecule has 1 aliphatic heterocycles. The Balaban J connectivity index is 1.60. The quantitative estimate of drug-likeness (QED) is 0.368. The van der Waals surface area contributed by atoms with E-state index in [2.05, 4.69) is 19.7 Å². The first-order chi connectivity index (χ1) is 16.8. The van der Waals surface area contributed by atoms with E-state index in [1.807, 2.05) is 4.90 Å². The first-order valence-corrected chi connectivity index (χ1v) is 11.6. The average molecular weight is 513 g/mol. The van der Waals surface area contributed by atoms with Crippen molar-refractivity contribution in [1.82, 2.24) is 14.6 Å². The molecule has 0 aliphatic carbocycles. The van der Waals surface area contributed by atoms with E-state index >= 15 is 0 Å². The lowest BCUT2D eigenvalue weighted by molar-refractivity contribution is 0.0590. The summed E-state index contributed by atoms with van der Waals surface area (Å²) in [6.07, 6.45) is 0.375. The minimum atomic E-state index is -0.803. The van der Waals surface area contributed by atoms with E-state index in [0.29, 0.717) is 39.0 Å². The fourth-order valence-corrected chi connectivity index (χ4v) is 4.18. The molecule has 1 fully saturated rings. The Morgan fingerprint density at radius 1 is 1.23 bits per heavy atom. The van der Waals surface area contributed by atoms with Crippen molar-refractivity contribution in [1.29, 1.82) is 0 Å². The molecule has 1 saturated heterocycles. The molecule has 1 aromatic carbocycles. The van der Waals surface area contributed by atoms with Crippen molar-refractivity contribution in [3.05, 3.63) is 40.7 Å². The number of nitrogens with zero attached hydrogens (tertiary/aromatic N) is 2. The van der Waals surface area contributed by atoms with E-state index in [9.17, 15) is 23.2 Å². The highest BCUT2D eigenvalue weighted by Gasteiger charge is 2.25. The molecule has 0 unspecified atom stereocenters. The molecule has 2 N–H and O–H groups in total. The van der Waals surface area contributed by atoms with Gasteiger partial charge in [-0.2, -0.15) is 4.37 Å². The van der Waals surface area contributed by atoms with Crippen LogP contribution in [-0.2, 0) is 16.1 Å². The number of urea groups is 1. The van der Waals surface area contributed by atoms with Gasteiger partial charge < -0.3 is 24.4 Å². The van der Waals surface area contributed by atoms with E-state index in [4.69, 9.17) is 9.47 Å². The molecule has 2 aromatic rings. The smallest absolute Gasteiger partial charge is 0.346 e. The normalized spacial score (nSPS) is 15.5. The van der Waals surface area contributed by atoms with Gasteiger partial charge in [-0.05, 0) is 49.1 Å². The zero-order chi connectivity index (χ0) is 25.4. The van der Waals surface area contributed by atoms with E-state index in [1.165, 1.54) is 19.2 Å². The number of rotatable bonds is 10. The number of halogens is 2. The molecule has 10 nitrogen and oxygen atoms in total. The van der Waals surface area contributed by atoms with Gasteiger partial charge in [0.1, 0.15) is 23.6 Å². The summed E-state index contributed by atoms with van der Waals surface area (Å²) >= 11 is 0.794. The Kier molecular flexibility index (Phi) is 9.32. The number of likely N-dealkylation sites (tertiary alicyclic amines) is 1. The summed E-state index contributed by atoms with van der Waals surface area (Å²) in [7, 11) is 2.37. The van der Waals surface area contributed by atoms with Gasteiger partial charge in [-0.1, -0.05) is 0 Å². The van der Waals surface area contributed by atoms with E-state index < -0.39 is 30.0 Å². The second kappa shape index (κ2) is 12.4. The molecule has 2 amide bonds. The zero-order valence-corrected chi connectivity index (χ0v) is 20.1. The summed E-state index contributed by atoms with van der Waals surface area (Å²) in [6, 6.07) is 3.08. The van der Waals surface area contributed by atoms with Crippen molar-refractivity contribution >= 4 is 34.5 Å². The number of hydrogen-bond acceptors (Lipinski definition) is 9. The van der Waals surface area contributed by atoms with Gasteiger partial charge in [-0.15, -0.1) is 0 Å². The summed E-state index contributed by atoms with van der Waals surface area (Å²) < 4.78 is 46.3. The van der Waals surface area contributed by atoms with Gasteiger partial charge in [-0.3, -0.25) is 5.32 Å². The topological polar surface area (TPSA) is 119 Å². The van der Waals surface area contributed by atoms with Crippen LogP contribution in [0.1, 0.15) is 39.1 Å². The number of aromatic nitrogens is 1. The third kappa shape index (κ3) is 7.09. The molecule has 0 radical (unpaired) electrons. The molecule has 190 valence electrons. The molecule has 0 spiro atoms. The largest absolute Gasteiger partial charge is 0.471 e. The summed E-state index contributed by atoms with van der Waals surface area (Å²) in [4.78, 5) is 38.3. The van der Waals surface area contributed by atoms with Crippen molar-refractivity contribution in [2.45, 2.75) is 25.6 Å². The SMILES string of the molecule is COC(=O)c1ccc(F)c(COc2nsc(NC(=O)NCCCN3CC[C@H](F)C3)c2C(=O)OC)c1. The summed E-state index contributed by atoms with van der Waals surface area (Å²) in [6.45, 7) is 1.79. The van der Waals surface area contributed by atoms with Gasteiger partial charge in [0, 0.05) is 25.2 Å². The molecule has 1 aliphatic rings. The number of esters is 2. The van der Waals surface area contributed by atoms with Gasteiger partial charge >= 0.3 is 18.0 Å². The van der Waals surface area contributed by atoms with E-state index in [-0.39, 0.29) is 34.2 Å². The molecule has 3 rings (SSSR count). The van der Waals surface area contributed by atoms with E-state index in [0.717, 1.165) is 24.7 Å². The number of anilines is 1. The van der Waals surface area contributed by atoms with Crippen LogP contribution in [-0.4, -0.2) is 73.8 Å². The Morgan fingerprint density at radius 3 is 2.69 bits per heavy atom. The predicted molar refractivity (Wildman–Crippen MR) is 123 cm³/mol. The number of amides is 2. The third-order valence-electron chi connectivity index (χ3n) is 5.26. The molecule has 0 bridgehead atoms. The Labute approximate surface area is 204 Å². The number of hydrogen-bond donors (Lipinski definition) is 2. The number of carbonyl (C=O) groups excluding carboxylic acids is 3. The van der Waals surface area contributed by atoms with Crippen molar-refractivity contribution < 1.29 is 37.4 Å². The van der Waals surface area contributed by atoms with Crippen molar-refractivity contribution in [3.8, 4) is 5.88 Å². The fraction of sp³-hybridized carbons (Fsp3) is 0.455. The van der Waals surface area contributed by atoms with Crippen molar-refractivity contribution in [2.24, 2.45) is 0 Å². The average Bonchev–Trinajstić information content (AvgIpc) is 3.45. The fourth-order valence-electron chi connectivity index (χ4n) is 3.46. The predicted octanol–water partition coefficient (Wildman–Crippen LogP) is 2.99. The first-order valence-electron chi connectivity index (χ1n) is 10.8. The van der Waals surface area contributed by atoms with Crippen molar-refractivity contribution in [2.75, 3.05) is 45.7 Å². The monoisotopic (exact) mass is 512 g/mol. The Bertz CT molecular complexity index is 1070. The molecule has 1 aromatic heterocycles. The second-order valence-electron chi connectivity index (χ2n) is 7.69. The molecule has 2 heterocycles. The van der Waals surface area contributed by atoms with Gasteiger partial charge in [-0.25, -0.2) is 23.2 Å². The van der Waals surface area contributed by atoms with Gasteiger partial charge in [0.15, 0.2) is 5.56 Å². The lowest BCUT2D eigenvalue weighted by Gasteiger charge is -2.14. The Hall–Kier alpha value is -3.32. The first kappa shape index (κ1) is 26.3. The summed E-state index contributed by atoms with van der Waals surface area (Å²) in [5.74, 6) is -2.22. The molecule has 13 heteroatoms. The number of methoxy groups -OCH3 is 2. The van der Waals surface area contributed by atoms with Crippen LogP contribution in [0.4, 0.5) is 18.6 Å². The lowest BCUT2D eigenvalue weighted by Crippen LogP contribution is -2.32. The Morgan fingerprint density at radius 2 is 2.00 bits per heavy atom. The third-order valence-corrected chi connectivity index (χ3v) is 6.01. The van der Waals surface area contributed by atoms with Gasteiger partial charge in [0.2, 0.25) is 5.88 Å². The van der Waals surface area contributed by atoms with Crippen LogP contribution in [0, 0.1) is 5.82 Å². The molecular weight excluding hydrogens is 486 g/mol. The highest BCUT2D eigenvalue weighted by atomic mass is 32.1. The minimum Gasteiger partial charge on any atom is -0.471 e. The molecular formula is C22H26F2N4O6S. The van der Waals surface area contributed by atoms with E-state index in [1.54, 1.807) is 0 Å². The molecule has 0 saturated carbocycles. The second-order valence-corrected chi connectivity index (χ2v) is 8.46. The van der Waals surface area contributed by atoms with Gasteiger partial charge in [0.05, 0.1) is 19.8 Å². The summed E-state index contributed by atoms with van der Waals surface area (Å²) in [5.41, 5.74) is 0.0523. The van der Waals surface area contributed by atoms with Crippen LogP contribution in [0.2, 0.25) is 0 Å². The molecule has 35 heavy (non-hydrogen) atoms. The number of carbonyl (C=O) groups is 3. The highest BCUT2D eigenvalue weighted by molar-refractivity contribution is 7.11. The number of benzene rings is 1. The zero-order valence-electron chi connectivity index (χ0n) is 19.3. The lowest BCUT2D eigenvalue weighted by atomic mass is 10.1. The van der Waals surface area contributed by atoms with Crippen LogP contribution in [0.25, 0.3) is 0 Å². The molecule has 1 atom stereocenters. The van der Waals surface area contributed by atoms with Crippen LogP contribution >= 0.6 is 11.5 Å². The number of alkyl halides is 1.